The van der Waals surface area contributed by atoms with Gasteiger partial charge in [-0.05, 0) is 32.6 Å². The average Bonchev–Trinajstić information content (AvgIpc) is 2.49. The standard InChI is InChI=1S/C17H28O6/c1-4-5-6-7-16-14(19)9-8-13(22-12(3)18)10-15(20)11(2)17(21)23-16/h11,13-14,16,19H,4-10H2,1-3H3. The predicted molar refractivity (Wildman–Crippen MR) is 83.6 cm³/mol. The van der Waals surface area contributed by atoms with E-state index in [1.54, 1.807) is 0 Å². The van der Waals surface area contributed by atoms with Gasteiger partial charge < -0.3 is 14.6 Å². The Kier molecular flexibility index (Phi) is 8.23. The van der Waals surface area contributed by atoms with Crippen LogP contribution < -0.4 is 0 Å². The number of aliphatic hydroxyl groups excluding tert-OH is 1. The molecule has 0 radical (unpaired) electrons. The third kappa shape index (κ3) is 6.69. The molecule has 23 heavy (non-hydrogen) atoms. The Labute approximate surface area is 137 Å². The van der Waals surface area contributed by atoms with E-state index in [4.69, 9.17) is 9.47 Å². The zero-order valence-electron chi connectivity index (χ0n) is 14.2. The lowest BCUT2D eigenvalue weighted by atomic mass is 9.94. The molecular weight excluding hydrogens is 300 g/mol. The number of aliphatic hydroxyl groups is 1. The third-order valence-corrected chi connectivity index (χ3v) is 4.17. The van der Waals surface area contributed by atoms with Crippen LogP contribution in [0.4, 0.5) is 0 Å². The van der Waals surface area contributed by atoms with E-state index in [9.17, 15) is 19.5 Å². The van der Waals surface area contributed by atoms with Gasteiger partial charge in [0.25, 0.3) is 0 Å². The Morgan fingerprint density at radius 3 is 2.61 bits per heavy atom. The van der Waals surface area contributed by atoms with Crippen molar-refractivity contribution >= 4 is 17.7 Å². The molecule has 1 N–H and O–H groups in total. The zero-order chi connectivity index (χ0) is 17.4. The summed E-state index contributed by atoms with van der Waals surface area (Å²) in [5.74, 6) is -2.29. The van der Waals surface area contributed by atoms with Crippen LogP contribution in [-0.4, -0.2) is 41.1 Å². The van der Waals surface area contributed by atoms with Gasteiger partial charge in [-0.15, -0.1) is 0 Å². The summed E-state index contributed by atoms with van der Waals surface area (Å²) >= 11 is 0. The van der Waals surface area contributed by atoms with Gasteiger partial charge in [-0.25, -0.2) is 0 Å². The molecule has 0 aromatic heterocycles. The van der Waals surface area contributed by atoms with Crippen LogP contribution >= 0.6 is 0 Å². The quantitative estimate of drug-likeness (QED) is 0.472. The smallest absolute Gasteiger partial charge is 0.316 e. The molecule has 0 spiro atoms. The van der Waals surface area contributed by atoms with Crippen LogP contribution in [0.15, 0.2) is 0 Å². The topological polar surface area (TPSA) is 89.9 Å². The van der Waals surface area contributed by atoms with Crippen LogP contribution in [0.5, 0.6) is 0 Å². The maximum Gasteiger partial charge on any atom is 0.316 e. The highest BCUT2D eigenvalue weighted by molar-refractivity contribution is 5.98. The second kappa shape index (κ2) is 9.65. The fraction of sp³-hybridized carbons (Fsp3) is 0.824. The van der Waals surface area contributed by atoms with Crippen LogP contribution in [0.1, 0.15) is 65.7 Å². The van der Waals surface area contributed by atoms with Gasteiger partial charge in [-0.3, -0.25) is 14.4 Å². The Hall–Kier alpha value is -1.43. The van der Waals surface area contributed by atoms with E-state index in [1.165, 1.54) is 13.8 Å². The number of rotatable bonds is 5. The molecule has 0 aliphatic carbocycles. The molecule has 1 heterocycles. The highest BCUT2D eigenvalue weighted by atomic mass is 16.6. The molecule has 4 atom stereocenters. The predicted octanol–water partition coefficient (Wildman–Crippen LogP) is 2.16. The molecule has 132 valence electrons. The molecule has 0 aromatic rings. The molecule has 0 bridgehead atoms. The number of unbranched alkanes of at least 4 members (excludes halogenated alkanes) is 2. The average molecular weight is 328 g/mol. The fourth-order valence-corrected chi connectivity index (χ4v) is 2.69. The van der Waals surface area contributed by atoms with Crippen molar-refractivity contribution < 1.29 is 29.0 Å². The summed E-state index contributed by atoms with van der Waals surface area (Å²) in [4.78, 5) is 35.4. The van der Waals surface area contributed by atoms with Crippen molar-refractivity contribution in [3.63, 3.8) is 0 Å². The molecule has 1 fully saturated rings. The van der Waals surface area contributed by atoms with Gasteiger partial charge in [-0.2, -0.15) is 0 Å². The summed E-state index contributed by atoms with van der Waals surface area (Å²) in [6.07, 6.45) is 2.09. The number of hydrogen-bond donors (Lipinski definition) is 1. The Morgan fingerprint density at radius 2 is 2.00 bits per heavy atom. The Morgan fingerprint density at radius 1 is 1.30 bits per heavy atom. The van der Waals surface area contributed by atoms with Crippen molar-refractivity contribution in [2.24, 2.45) is 5.92 Å². The molecule has 4 unspecified atom stereocenters. The lowest BCUT2D eigenvalue weighted by molar-refractivity contribution is -0.164. The SMILES string of the molecule is CCCCCC1OC(=O)C(C)C(=O)CC(OC(C)=O)CCC1O. The number of carbonyl (C=O) groups is 3. The molecule has 1 rings (SSSR count). The van der Waals surface area contributed by atoms with Crippen molar-refractivity contribution in [2.75, 3.05) is 0 Å². The van der Waals surface area contributed by atoms with Gasteiger partial charge in [0, 0.05) is 13.3 Å². The molecular formula is C17H28O6. The number of cyclic esters (lactones) is 1. The van der Waals surface area contributed by atoms with Crippen molar-refractivity contribution in [2.45, 2.75) is 84.0 Å². The highest BCUT2D eigenvalue weighted by Gasteiger charge is 2.33. The Balaban J connectivity index is 2.81. The minimum atomic E-state index is -0.910. The van der Waals surface area contributed by atoms with E-state index in [0.29, 0.717) is 19.3 Å². The first-order valence-corrected chi connectivity index (χ1v) is 8.43. The maximum absolute atomic E-state index is 12.1. The summed E-state index contributed by atoms with van der Waals surface area (Å²) in [6, 6.07) is 0. The number of Topliss-reactive ketones (excluding diaryl/α,β-unsaturated/α-hetero) is 1. The monoisotopic (exact) mass is 328 g/mol. The van der Waals surface area contributed by atoms with Gasteiger partial charge in [0.1, 0.15) is 18.1 Å². The summed E-state index contributed by atoms with van der Waals surface area (Å²) in [7, 11) is 0. The molecule has 0 amide bonds. The first-order chi connectivity index (χ1) is 10.8. The molecule has 1 aliphatic rings. The van der Waals surface area contributed by atoms with Crippen LogP contribution in [0.2, 0.25) is 0 Å². The summed E-state index contributed by atoms with van der Waals surface area (Å²) in [6.45, 7) is 4.85. The van der Waals surface area contributed by atoms with Gasteiger partial charge in [0.15, 0.2) is 5.78 Å². The van der Waals surface area contributed by atoms with Gasteiger partial charge in [-0.1, -0.05) is 19.8 Å². The number of ether oxygens (including phenoxy) is 2. The number of esters is 2. The normalized spacial score (nSPS) is 29.7. The maximum atomic E-state index is 12.1. The lowest BCUT2D eigenvalue weighted by Crippen LogP contribution is -2.38. The summed E-state index contributed by atoms with van der Waals surface area (Å²) < 4.78 is 10.5. The van der Waals surface area contributed by atoms with Crippen LogP contribution in [0, 0.1) is 5.92 Å². The number of ketones is 1. The minimum absolute atomic E-state index is 0.0247. The molecule has 0 saturated carbocycles. The van der Waals surface area contributed by atoms with E-state index >= 15 is 0 Å². The zero-order valence-corrected chi connectivity index (χ0v) is 14.2. The van der Waals surface area contributed by atoms with E-state index < -0.39 is 36.2 Å². The van der Waals surface area contributed by atoms with Crippen LogP contribution in [0.3, 0.4) is 0 Å². The molecule has 6 nitrogen and oxygen atoms in total. The second-order valence-corrected chi connectivity index (χ2v) is 6.24. The summed E-state index contributed by atoms with van der Waals surface area (Å²) in [5.41, 5.74) is 0. The van der Waals surface area contributed by atoms with Crippen LogP contribution in [0.25, 0.3) is 0 Å². The Bertz CT molecular complexity index is 419. The van der Waals surface area contributed by atoms with Crippen molar-refractivity contribution in [1.29, 1.82) is 0 Å². The van der Waals surface area contributed by atoms with E-state index in [-0.39, 0.29) is 12.2 Å². The van der Waals surface area contributed by atoms with Crippen molar-refractivity contribution in [3.8, 4) is 0 Å². The van der Waals surface area contributed by atoms with E-state index in [1.807, 2.05) is 0 Å². The first-order valence-electron chi connectivity index (χ1n) is 8.43. The van der Waals surface area contributed by atoms with E-state index in [2.05, 4.69) is 6.92 Å². The second-order valence-electron chi connectivity index (χ2n) is 6.24. The largest absolute Gasteiger partial charge is 0.462 e. The van der Waals surface area contributed by atoms with Gasteiger partial charge >= 0.3 is 11.9 Å². The number of carbonyl (C=O) groups excluding carboxylic acids is 3. The first kappa shape index (κ1) is 19.6. The van der Waals surface area contributed by atoms with Crippen molar-refractivity contribution in [3.05, 3.63) is 0 Å². The highest BCUT2D eigenvalue weighted by Crippen LogP contribution is 2.22. The molecule has 6 heteroatoms. The van der Waals surface area contributed by atoms with E-state index in [0.717, 1.165) is 19.3 Å². The third-order valence-electron chi connectivity index (χ3n) is 4.17. The van der Waals surface area contributed by atoms with Crippen molar-refractivity contribution in [1.82, 2.24) is 0 Å². The molecule has 1 aliphatic heterocycles. The fourth-order valence-electron chi connectivity index (χ4n) is 2.69. The van der Waals surface area contributed by atoms with Crippen LogP contribution in [-0.2, 0) is 23.9 Å². The molecule has 1 saturated heterocycles. The summed E-state index contributed by atoms with van der Waals surface area (Å²) in [5, 5.41) is 10.3. The molecule has 0 aromatic carbocycles. The minimum Gasteiger partial charge on any atom is -0.462 e. The van der Waals surface area contributed by atoms with Gasteiger partial charge in [0.05, 0.1) is 6.10 Å². The number of hydrogen-bond acceptors (Lipinski definition) is 6. The van der Waals surface area contributed by atoms with Gasteiger partial charge in [0.2, 0.25) is 0 Å². The lowest BCUT2D eigenvalue weighted by Gasteiger charge is -2.28.